The first-order valence-corrected chi connectivity index (χ1v) is 5.68. The number of carbonyl (C=O) groups is 1. The van der Waals surface area contributed by atoms with E-state index in [0.717, 1.165) is 25.9 Å². The van der Waals surface area contributed by atoms with Crippen LogP contribution in [0.2, 0.25) is 0 Å². The van der Waals surface area contributed by atoms with Gasteiger partial charge in [-0.15, -0.1) is 0 Å². The number of hydrogen-bond acceptors (Lipinski definition) is 5. The molecule has 0 spiro atoms. The van der Waals surface area contributed by atoms with E-state index in [1.54, 1.807) is 19.4 Å². The summed E-state index contributed by atoms with van der Waals surface area (Å²) in [5.41, 5.74) is 0. The van der Waals surface area contributed by atoms with E-state index in [1.807, 2.05) is 4.90 Å². The van der Waals surface area contributed by atoms with Crippen LogP contribution in [0.4, 0.5) is 5.95 Å². The van der Waals surface area contributed by atoms with Crippen molar-refractivity contribution in [2.45, 2.75) is 12.8 Å². The van der Waals surface area contributed by atoms with E-state index in [9.17, 15) is 4.79 Å². The highest BCUT2D eigenvalue weighted by atomic mass is 16.5. The Bertz CT molecular complexity index is 391. The number of rotatable bonds is 4. The van der Waals surface area contributed by atoms with Gasteiger partial charge >= 0.3 is 0 Å². The van der Waals surface area contributed by atoms with Crippen molar-refractivity contribution >= 4 is 11.9 Å². The van der Waals surface area contributed by atoms with Gasteiger partial charge in [0.15, 0.2) is 0 Å². The number of nitrogens with zero attached hydrogens (tertiary/aromatic N) is 3. The van der Waals surface area contributed by atoms with Crippen LogP contribution in [-0.4, -0.2) is 47.5 Å². The predicted octanol–water partition coefficient (Wildman–Crippen LogP) is 0.519. The standard InChI is InChI=1S/C11H16N4O2/c1-17-9-4-5-12-11(14-9)13-8-10(16)15-6-2-3-7-15/h4-5H,2-3,6-8H2,1H3,(H,12,13,14). The van der Waals surface area contributed by atoms with E-state index in [-0.39, 0.29) is 12.5 Å². The van der Waals surface area contributed by atoms with Crippen LogP contribution in [0.1, 0.15) is 12.8 Å². The molecule has 6 nitrogen and oxygen atoms in total. The first kappa shape index (κ1) is 11.6. The highest BCUT2D eigenvalue weighted by Crippen LogP contribution is 2.09. The molecule has 0 saturated carbocycles. The summed E-state index contributed by atoms with van der Waals surface area (Å²) in [5, 5.41) is 2.90. The Hall–Kier alpha value is -1.85. The summed E-state index contributed by atoms with van der Waals surface area (Å²) < 4.78 is 4.97. The van der Waals surface area contributed by atoms with Crippen LogP contribution in [0.3, 0.4) is 0 Å². The van der Waals surface area contributed by atoms with Crippen molar-refractivity contribution in [3.05, 3.63) is 12.3 Å². The van der Waals surface area contributed by atoms with Gasteiger partial charge in [0.2, 0.25) is 17.7 Å². The fourth-order valence-electron chi connectivity index (χ4n) is 1.77. The number of hydrogen-bond donors (Lipinski definition) is 1. The van der Waals surface area contributed by atoms with Gasteiger partial charge in [0, 0.05) is 25.4 Å². The minimum atomic E-state index is 0.0916. The van der Waals surface area contributed by atoms with Crippen LogP contribution in [0.15, 0.2) is 12.3 Å². The molecule has 1 aromatic rings. The van der Waals surface area contributed by atoms with E-state index in [2.05, 4.69) is 15.3 Å². The highest BCUT2D eigenvalue weighted by Gasteiger charge is 2.17. The zero-order valence-corrected chi connectivity index (χ0v) is 9.85. The molecule has 1 fully saturated rings. The Labute approximate surface area is 100 Å². The molecule has 1 aliphatic heterocycles. The molecule has 0 aromatic carbocycles. The van der Waals surface area contributed by atoms with Crippen molar-refractivity contribution < 1.29 is 9.53 Å². The molecule has 0 unspecified atom stereocenters. The molecule has 0 atom stereocenters. The van der Waals surface area contributed by atoms with Crippen molar-refractivity contribution in [2.24, 2.45) is 0 Å². The molecule has 1 N–H and O–H groups in total. The zero-order valence-electron chi connectivity index (χ0n) is 9.85. The monoisotopic (exact) mass is 236 g/mol. The minimum absolute atomic E-state index is 0.0916. The second kappa shape index (κ2) is 5.47. The van der Waals surface area contributed by atoms with Gasteiger partial charge in [-0.2, -0.15) is 4.98 Å². The van der Waals surface area contributed by atoms with Gasteiger partial charge in [-0.25, -0.2) is 4.98 Å². The molecule has 1 saturated heterocycles. The number of aromatic nitrogens is 2. The van der Waals surface area contributed by atoms with E-state index in [1.165, 1.54) is 0 Å². The number of amides is 1. The maximum atomic E-state index is 11.7. The molecule has 6 heteroatoms. The molecule has 0 bridgehead atoms. The maximum Gasteiger partial charge on any atom is 0.241 e. The van der Waals surface area contributed by atoms with E-state index < -0.39 is 0 Å². The van der Waals surface area contributed by atoms with Gasteiger partial charge in [-0.1, -0.05) is 0 Å². The molecule has 1 aromatic heterocycles. The minimum Gasteiger partial charge on any atom is -0.481 e. The van der Waals surface area contributed by atoms with Crippen LogP contribution < -0.4 is 10.1 Å². The molecule has 2 heterocycles. The van der Waals surface area contributed by atoms with Gasteiger partial charge in [-0.3, -0.25) is 4.79 Å². The van der Waals surface area contributed by atoms with E-state index in [0.29, 0.717) is 11.8 Å². The highest BCUT2D eigenvalue weighted by molar-refractivity contribution is 5.80. The molecular formula is C11H16N4O2. The third kappa shape index (κ3) is 3.05. The smallest absolute Gasteiger partial charge is 0.241 e. The van der Waals surface area contributed by atoms with Crippen LogP contribution in [0.5, 0.6) is 5.88 Å². The van der Waals surface area contributed by atoms with Crippen molar-refractivity contribution in [2.75, 3.05) is 32.1 Å². The van der Waals surface area contributed by atoms with Crippen molar-refractivity contribution in [1.29, 1.82) is 0 Å². The van der Waals surface area contributed by atoms with Crippen LogP contribution in [0.25, 0.3) is 0 Å². The van der Waals surface area contributed by atoms with E-state index >= 15 is 0 Å². The second-order valence-electron chi connectivity index (χ2n) is 3.86. The average molecular weight is 236 g/mol. The van der Waals surface area contributed by atoms with Gasteiger partial charge in [0.1, 0.15) is 0 Å². The summed E-state index contributed by atoms with van der Waals surface area (Å²) in [6.45, 7) is 1.95. The Morgan fingerprint density at radius 2 is 2.29 bits per heavy atom. The lowest BCUT2D eigenvalue weighted by molar-refractivity contribution is -0.128. The van der Waals surface area contributed by atoms with E-state index in [4.69, 9.17) is 4.74 Å². The summed E-state index contributed by atoms with van der Waals surface area (Å²) in [6, 6.07) is 1.66. The van der Waals surface area contributed by atoms with Crippen molar-refractivity contribution in [1.82, 2.24) is 14.9 Å². The third-order valence-corrected chi connectivity index (χ3v) is 2.70. The zero-order chi connectivity index (χ0) is 12.1. The molecule has 1 amide bonds. The molecule has 0 aliphatic carbocycles. The van der Waals surface area contributed by atoms with Crippen molar-refractivity contribution in [3.8, 4) is 5.88 Å². The van der Waals surface area contributed by atoms with Gasteiger partial charge in [0.25, 0.3) is 0 Å². The van der Waals surface area contributed by atoms with Crippen LogP contribution in [0, 0.1) is 0 Å². The number of carbonyl (C=O) groups excluding carboxylic acids is 1. The normalized spacial score (nSPS) is 14.8. The van der Waals surface area contributed by atoms with Gasteiger partial charge in [0.05, 0.1) is 13.7 Å². The number of likely N-dealkylation sites (tertiary alicyclic amines) is 1. The Kier molecular flexibility index (Phi) is 3.74. The Balaban J connectivity index is 1.86. The van der Waals surface area contributed by atoms with Crippen LogP contribution >= 0.6 is 0 Å². The summed E-state index contributed by atoms with van der Waals surface area (Å²) >= 11 is 0. The number of ether oxygens (including phenoxy) is 1. The lowest BCUT2D eigenvalue weighted by Crippen LogP contribution is -2.33. The topological polar surface area (TPSA) is 67.3 Å². The molecule has 2 rings (SSSR count). The summed E-state index contributed by atoms with van der Waals surface area (Å²) in [4.78, 5) is 21.7. The number of methoxy groups -OCH3 is 1. The fourth-order valence-corrected chi connectivity index (χ4v) is 1.77. The Morgan fingerprint density at radius 3 is 3.00 bits per heavy atom. The Morgan fingerprint density at radius 1 is 1.53 bits per heavy atom. The lowest BCUT2D eigenvalue weighted by atomic mass is 10.4. The number of anilines is 1. The van der Waals surface area contributed by atoms with Crippen LogP contribution in [-0.2, 0) is 4.79 Å². The quantitative estimate of drug-likeness (QED) is 0.825. The lowest BCUT2D eigenvalue weighted by Gasteiger charge is -2.15. The van der Waals surface area contributed by atoms with Crippen molar-refractivity contribution in [3.63, 3.8) is 0 Å². The predicted molar refractivity (Wildman–Crippen MR) is 62.9 cm³/mol. The fraction of sp³-hybridized carbons (Fsp3) is 0.545. The summed E-state index contributed by atoms with van der Waals surface area (Å²) in [5.74, 6) is 0.988. The molecule has 17 heavy (non-hydrogen) atoms. The second-order valence-corrected chi connectivity index (χ2v) is 3.86. The molecule has 92 valence electrons. The summed E-state index contributed by atoms with van der Waals surface area (Å²) in [7, 11) is 1.54. The molecule has 1 aliphatic rings. The average Bonchev–Trinajstić information content (AvgIpc) is 2.90. The largest absolute Gasteiger partial charge is 0.481 e. The SMILES string of the molecule is COc1ccnc(NCC(=O)N2CCCC2)n1. The molecular weight excluding hydrogens is 220 g/mol. The first-order valence-electron chi connectivity index (χ1n) is 5.68. The third-order valence-electron chi connectivity index (χ3n) is 2.70. The van der Waals surface area contributed by atoms with Gasteiger partial charge in [-0.05, 0) is 12.8 Å². The first-order chi connectivity index (χ1) is 8.29. The maximum absolute atomic E-state index is 11.7. The molecule has 0 radical (unpaired) electrons. The number of nitrogens with one attached hydrogen (secondary N) is 1. The van der Waals surface area contributed by atoms with Gasteiger partial charge < -0.3 is 15.0 Å². The summed E-state index contributed by atoms with van der Waals surface area (Å²) in [6.07, 6.45) is 3.79.